The van der Waals surface area contributed by atoms with E-state index in [0.717, 1.165) is 148 Å². The molecule has 376 valence electrons. The second kappa shape index (κ2) is 56.3. The molecule has 5 heteroatoms. The predicted molar refractivity (Wildman–Crippen MR) is 296 cm³/mol. The molecule has 1 unspecified atom stereocenters. The molecule has 0 aromatic heterocycles. The number of carbonyl (C=O) groups is 2. The molecule has 0 rings (SSSR count). The first-order valence-electron chi connectivity index (χ1n) is 26.3. The van der Waals surface area contributed by atoms with Gasteiger partial charge in [-0.25, -0.2) is 0 Å². The van der Waals surface area contributed by atoms with Crippen LogP contribution in [0.15, 0.2) is 182 Å². The molecule has 0 aliphatic heterocycles. The first-order chi connectivity index (χ1) is 33.6. The molecule has 5 nitrogen and oxygen atoms in total. The summed E-state index contributed by atoms with van der Waals surface area (Å²) in [7, 11) is 0. The van der Waals surface area contributed by atoms with Crippen LogP contribution in [0.3, 0.4) is 0 Å². The van der Waals surface area contributed by atoms with Crippen LogP contribution in [0.1, 0.15) is 181 Å². The summed E-state index contributed by atoms with van der Waals surface area (Å²) in [6.07, 6.45) is 89.8. The van der Waals surface area contributed by atoms with E-state index in [4.69, 9.17) is 9.47 Å². The van der Waals surface area contributed by atoms with Crippen LogP contribution in [0.5, 0.6) is 0 Å². The molecule has 0 aliphatic carbocycles. The van der Waals surface area contributed by atoms with E-state index >= 15 is 0 Å². The molecule has 68 heavy (non-hydrogen) atoms. The standard InChI is InChI=1S/C63H94O5/c1-3-5-7-9-11-13-15-17-19-21-23-25-27-29-31-33-35-37-39-41-43-45-47-49-51-53-55-57-62(65)67-60-61(59-64)68-63(66)58-56-54-52-50-48-46-44-42-40-38-36-34-32-30-28-26-24-22-20-18-16-14-12-10-8-6-4-2/h5-8,11-14,17-20,23-26,29-32,35-38,41-44,48,50,61,64H,3-4,9-10,15-16,21-22,27-28,33-34,39-40,45-47,49,51-60H2,1-2H3/b7-5-,8-6-,13-11-,14-12-,19-17-,20-18-,25-23-,26-24-,31-29-,32-30-,37-35-,38-36-,43-41-,44-42-,50-48-. The van der Waals surface area contributed by atoms with Crippen LogP contribution in [-0.2, 0) is 19.1 Å². The maximum atomic E-state index is 12.3. The van der Waals surface area contributed by atoms with Gasteiger partial charge in [-0.1, -0.05) is 215 Å². The van der Waals surface area contributed by atoms with Gasteiger partial charge in [0.15, 0.2) is 6.10 Å². The van der Waals surface area contributed by atoms with Crippen molar-refractivity contribution >= 4 is 11.9 Å². The SMILES string of the molecule is CC/C=C\C/C=C\C/C=C\C/C=C\C/C=C\C/C=C\C/C=C\C/C=C\CCCCC(=O)OC(CO)COC(=O)CCCCCCC/C=C\C/C=C\C/C=C\C/C=C\C/C=C\C/C=C\C/C=C\CC. The smallest absolute Gasteiger partial charge is 0.306 e. The third kappa shape index (κ3) is 53.6. The van der Waals surface area contributed by atoms with E-state index in [1.807, 2.05) is 0 Å². The molecule has 0 spiro atoms. The lowest BCUT2D eigenvalue weighted by Gasteiger charge is -2.15. The summed E-state index contributed by atoms with van der Waals surface area (Å²) in [5.74, 6) is -0.683. The monoisotopic (exact) mass is 931 g/mol. The number of aliphatic hydroxyl groups is 1. The van der Waals surface area contributed by atoms with E-state index in [1.165, 1.54) is 0 Å². The average Bonchev–Trinajstić information content (AvgIpc) is 3.34. The fourth-order valence-corrected chi connectivity index (χ4v) is 6.31. The number of allylic oxidation sites excluding steroid dienone is 30. The van der Waals surface area contributed by atoms with Gasteiger partial charge in [0.25, 0.3) is 0 Å². The van der Waals surface area contributed by atoms with Gasteiger partial charge in [-0.3, -0.25) is 9.59 Å². The molecular weight excluding hydrogens is 837 g/mol. The van der Waals surface area contributed by atoms with Crippen molar-refractivity contribution in [2.24, 2.45) is 0 Å². The van der Waals surface area contributed by atoms with Gasteiger partial charge in [-0.15, -0.1) is 0 Å². The molecule has 0 heterocycles. The fourth-order valence-electron chi connectivity index (χ4n) is 6.31. The van der Waals surface area contributed by atoms with Gasteiger partial charge in [0.05, 0.1) is 6.61 Å². The second-order valence-electron chi connectivity index (χ2n) is 16.5. The number of hydrogen-bond acceptors (Lipinski definition) is 5. The van der Waals surface area contributed by atoms with Crippen molar-refractivity contribution in [2.75, 3.05) is 13.2 Å². The predicted octanol–water partition coefficient (Wildman–Crippen LogP) is 18.0. The quantitative estimate of drug-likeness (QED) is 0.0374. The van der Waals surface area contributed by atoms with Crippen molar-refractivity contribution in [1.82, 2.24) is 0 Å². The first kappa shape index (κ1) is 63.0. The Labute approximate surface area is 416 Å². The summed E-state index contributed by atoms with van der Waals surface area (Å²) in [6, 6.07) is 0. The fraction of sp³-hybridized carbons (Fsp3) is 0.492. The molecule has 0 radical (unpaired) electrons. The Bertz CT molecular complexity index is 1620. The number of carbonyl (C=O) groups excluding carboxylic acids is 2. The number of unbranched alkanes of at least 4 members (excludes halogenated alkanes) is 7. The second-order valence-corrected chi connectivity index (χ2v) is 16.5. The molecule has 0 saturated carbocycles. The van der Waals surface area contributed by atoms with Crippen LogP contribution in [-0.4, -0.2) is 36.4 Å². The highest BCUT2D eigenvalue weighted by Gasteiger charge is 2.16. The lowest BCUT2D eigenvalue weighted by molar-refractivity contribution is -0.161. The molecule has 0 aromatic rings. The van der Waals surface area contributed by atoms with Crippen molar-refractivity contribution < 1.29 is 24.2 Å². The van der Waals surface area contributed by atoms with Crippen LogP contribution >= 0.6 is 0 Å². The number of esters is 2. The van der Waals surface area contributed by atoms with Gasteiger partial charge in [0.2, 0.25) is 0 Å². The van der Waals surface area contributed by atoms with E-state index in [0.29, 0.717) is 12.8 Å². The zero-order chi connectivity index (χ0) is 49.2. The summed E-state index contributed by atoms with van der Waals surface area (Å²) in [4.78, 5) is 24.5. The summed E-state index contributed by atoms with van der Waals surface area (Å²) in [5, 5.41) is 9.63. The number of ether oxygens (including phenoxy) is 2. The molecule has 0 saturated heterocycles. The number of hydrogen-bond donors (Lipinski definition) is 1. The number of aliphatic hydroxyl groups excluding tert-OH is 1. The van der Waals surface area contributed by atoms with E-state index in [1.54, 1.807) is 0 Å². The lowest BCUT2D eigenvalue weighted by Crippen LogP contribution is -2.28. The van der Waals surface area contributed by atoms with Gasteiger partial charge in [-0.05, 0) is 135 Å². The Morgan fingerprint density at radius 1 is 0.338 bits per heavy atom. The lowest BCUT2D eigenvalue weighted by atomic mass is 10.1. The molecule has 0 aliphatic rings. The Morgan fingerprint density at radius 2 is 0.588 bits per heavy atom. The van der Waals surface area contributed by atoms with Gasteiger partial charge in [0.1, 0.15) is 6.61 Å². The van der Waals surface area contributed by atoms with Crippen molar-refractivity contribution in [3.8, 4) is 0 Å². The van der Waals surface area contributed by atoms with Crippen molar-refractivity contribution in [3.63, 3.8) is 0 Å². The molecule has 0 fully saturated rings. The van der Waals surface area contributed by atoms with E-state index in [9.17, 15) is 14.7 Å². The summed E-state index contributed by atoms with van der Waals surface area (Å²) in [5.41, 5.74) is 0. The van der Waals surface area contributed by atoms with Crippen LogP contribution in [0, 0.1) is 0 Å². The van der Waals surface area contributed by atoms with Crippen molar-refractivity contribution in [1.29, 1.82) is 0 Å². The molecular formula is C63H94O5. The number of rotatable bonds is 45. The molecule has 0 bridgehead atoms. The molecule has 0 aromatic carbocycles. The van der Waals surface area contributed by atoms with Crippen molar-refractivity contribution in [2.45, 2.75) is 187 Å². The van der Waals surface area contributed by atoms with Crippen molar-refractivity contribution in [3.05, 3.63) is 182 Å². The van der Waals surface area contributed by atoms with Gasteiger partial charge in [0, 0.05) is 12.8 Å². The van der Waals surface area contributed by atoms with E-state index < -0.39 is 6.10 Å². The molecule has 1 atom stereocenters. The minimum absolute atomic E-state index is 0.109. The minimum atomic E-state index is -0.821. The largest absolute Gasteiger partial charge is 0.462 e. The normalized spacial score (nSPS) is 13.8. The topological polar surface area (TPSA) is 72.8 Å². The maximum absolute atomic E-state index is 12.3. The maximum Gasteiger partial charge on any atom is 0.306 e. The van der Waals surface area contributed by atoms with Crippen LogP contribution in [0.2, 0.25) is 0 Å². The summed E-state index contributed by atoms with van der Waals surface area (Å²) < 4.78 is 10.6. The summed E-state index contributed by atoms with van der Waals surface area (Å²) in [6.45, 7) is 3.84. The average molecular weight is 931 g/mol. The molecule has 1 N–H and O–H groups in total. The third-order valence-electron chi connectivity index (χ3n) is 10.2. The Balaban J connectivity index is 3.74. The minimum Gasteiger partial charge on any atom is -0.462 e. The van der Waals surface area contributed by atoms with Crippen LogP contribution < -0.4 is 0 Å². The highest BCUT2D eigenvalue weighted by Crippen LogP contribution is 2.10. The van der Waals surface area contributed by atoms with Gasteiger partial charge in [-0.2, -0.15) is 0 Å². The zero-order valence-electron chi connectivity index (χ0n) is 42.8. The summed E-state index contributed by atoms with van der Waals surface area (Å²) >= 11 is 0. The van der Waals surface area contributed by atoms with Gasteiger partial charge >= 0.3 is 11.9 Å². The Hall–Kier alpha value is -5.00. The Morgan fingerprint density at radius 3 is 0.912 bits per heavy atom. The first-order valence-corrected chi connectivity index (χ1v) is 26.3. The highest BCUT2D eigenvalue weighted by atomic mass is 16.6. The van der Waals surface area contributed by atoms with E-state index in [2.05, 4.69) is 196 Å². The van der Waals surface area contributed by atoms with Crippen LogP contribution in [0.25, 0.3) is 0 Å². The zero-order valence-corrected chi connectivity index (χ0v) is 42.8. The molecule has 0 amide bonds. The van der Waals surface area contributed by atoms with Gasteiger partial charge < -0.3 is 14.6 Å². The van der Waals surface area contributed by atoms with Crippen LogP contribution in [0.4, 0.5) is 0 Å². The third-order valence-corrected chi connectivity index (χ3v) is 10.2. The Kier molecular flexibility index (Phi) is 52.2. The van der Waals surface area contributed by atoms with E-state index in [-0.39, 0.29) is 31.6 Å². The highest BCUT2D eigenvalue weighted by molar-refractivity contribution is 5.70.